The number of nitrogens with zero attached hydrogens (tertiary/aromatic N) is 3. The van der Waals surface area contributed by atoms with E-state index in [1.54, 1.807) is 13.4 Å². The Balaban J connectivity index is 0.00000450. The average Bonchev–Trinajstić information content (AvgIpc) is 3.23. The molecule has 0 radical (unpaired) electrons. The van der Waals surface area contributed by atoms with E-state index in [0.717, 1.165) is 69.0 Å². The van der Waals surface area contributed by atoms with E-state index in [1.165, 1.54) is 25.7 Å². The van der Waals surface area contributed by atoms with Crippen molar-refractivity contribution in [3.63, 3.8) is 0 Å². The Morgan fingerprint density at radius 3 is 2.77 bits per heavy atom. The molecular formula is C23H41IN4O2. The second-order valence-electron chi connectivity index (χ2n) is 8.22. The second kappa shape index (κ2) is 15.7. The molecule has 1 aromatic heterocycles. The SMILES string of the molecule is C=C(C)CN=C(NCCc1ccco1)N1CCC(CCCN(C)CCOC)CC1.I. The molecule has 1 aliphatic rings. The van der Waals surface area contributed by atoms with Crippen LogP contribution in [0.2, 0.25) is 0 Å². The van der Waals surface area contributed by atoms with Crippen molar-refractivity contribution in [3.8, 4) is 0 Å². The van der Waals surface area contributed by atoms with Gasteiger partial charge in [-0.2, -0.15) is 0 Å². The molecule has 0 atom stereocenters. The summed E-state index contributed by atoms with van der Waals surface area (Å²) < 4.78 is 10.6. The summed E-state index contributed by atoms with van der Waals surface area (Å²) >= 11 is 0. The summed E-state index contributed by atoms with van der Waals surface area (Å²) in [4.78, 5) is 9.56. The van der Waals surface area contributed by atoms with E-state index in [1.807, 2.05) is 19.1 Å². The fraction of sp³-hybridized carbons (Fsp3) is 0.696. The van der Waals surface area contributed by atoms with Gasteiger partial charge >= 0.3 is 0 Å². The molecule has 6 nitrogen and oxygen atoms in total. The summed E-state index contributed by atoms with van der Waals surface area (Å²) in [6.07, 6.45) is 7.66. The normalized spacial score (nSPS) is 15.3. The van der Waals surface area contributed by atoms with Crippen LogP contribution in [0.4, 0.5) is 0 Å². The van der Waals surface area contributed by atoms with Gasteiger partial charge in [0.05, 0.1) is 19.4 Å². The summed E-state index contributed by atoms with van der Waals surface area (Å²) in [5.74, 6) is 2.84. The number of ether oxygens (including phenoxy) is 1. The highest BCUT2D eigenvalue weighted by Gasteiger charge is 2.21. The minimum absolute atomic E-state index is 0. The van der Waals surface area contributed by atoms with Crippen LogP contribution in [0, 0.1) is 5.92 Å². The maximum atomic E-state index is 5.43. The van der Waals surface area contributed by atoms with E-state index in [4.69, 9.17) is 14.1 Å². The zero-order valence-corrected chi connectivity index (χ0v) is 21.4. The first-order chi connectivity index (χ1) is 14.1. The minimum Gasteiger partial charge on any atom is -0.469 e. The molecule has 30 heavy (non-hydrogen) atoms. The van der Waals surface area contributed by atoms with Crippen molar-refractivity contribution in [2.45, 2.75) is 39.0 Å². The molecule has 0 bridgehead atoms. The molecule has 1 aromatic rings. The zero-order chi connectivity index (χ0) is 20.9. The summed E-state index contributed by atoms with van der Waals surface area (Å²) in [5, 5.41) is 3.53. The van der Waals surface area contributed by atoms with Gasteiger partial charge in [0.1, 0.15) is 5.76 Å². The Labute approximate surface area is 200 Å². The predicted molar refractivity (Wildman–Crippen MR) is 136 cm³/mol. The van der Waals surface area contributed by atoms with Crippen LogP contribution < -0.4 is 5.32 Å². The summed E-state index contributed by atoms with van der Waals surface area (Å²) in [6.45, 7) is 12.7. The Hall–Kier alpha value is -1.06. The number of halogens is 1. The lowest BCUT2D eigenvalue weighted by Crippen LogP contribution is -2.46. The number of aliphatic imine (C=N–C) groups is 1. The first-order valence-electron chi connectivity index (χ1n) is 11.0. The molecule has 1 N–H and O–H groups in total. The fourth-order valence-electron chi connectivity index (χ4n) is 3.67. The third kappa shape index (κ3) is 10.8. The van der Waals surface area contributed by atoms with E-state index >= 15 is 0 Å². The summed E-state index contributed by atoms with van der Waals surface area (Å²) in [7, 11) is 3.95. The molecule has 0 aliphatic carbocycles. The molecule has 0 amide bonds. The van der Waals surface area contributed by atoms with Crippen LogP contribution in [0.25, 0.3) is 0 Å². The minimum atomic E-state index is 0. The van der Waals surface area contributed by atoms with Gasteiger partial charge in [-0.3, -0.25) is 0 Å². The molecular weight excluding hydrogens is 491 g/mol. The number of nitrogens with one attached hydrogen (secondary N) is 1. The number of hydrogen-bond acceptors (Lipinski definition) is 4. The lowest BCUT2D eigenvalue weighted by molar-refractivity contribution is 0.158. The molecule has 0 saturated carbocycles. The highest BCUT2D eigenvalue weighted by molar-refractivity contribution is 14.0. The molecule has 0 spiro atoms. The zero-order valence-electron chi connectivity index (χ0n) is 19.1. The van der Waals surface area contributed by atoms with Crippen LogP contribution in [-0.4, -0.2) is 75.8 Å². The maximum absolute atomic E-state index is 5.43. The number of piperidine rings is 1. The molecule has 2 heterocycles. The van der Waals surface area contributed by atoms with Crippen LogP contribution in [0.3, 0.4) is 0 Å². The molecule has 172 valence electrons. The van der Waals surface area contributed by atoms with E-state index in [2.05, 4.69) is 28.7 Å². The van der Waals surface area contributed by atoms with Gasteiger partial charge in [0.2, 0.25) is 0 Å². The van der Waals surface area contributed by atoms with Gasteiger partial charge in [-0.05, 0) is 64.3 Å². The van der Waals surface area contributed by atoms with E-state index in [0.29, 0.717) is 6.54 Å². The van der Waals surface area contributed by atoms with Gasteiger partial charge in [0.15, 0.2) is 5.96 Å². The number of methoxy groups -OCH3 is 1. The van der Waals surface area contributed by atoms with Gasteiger partial charge in [0.25, 0.3) is 0 Å². The molecule has 1 saturated heterocycles. The third-order valence-corrected chi connectivity index (χ3v) is 5.48. The van der Waals surface area contributed by atoms with Crippen molar-refractivity contribution in [1.82, 2.24) is 15.1 Å². The molecule has 7 heteroatoms. The van der Waals surface area contributed by atoms with Gasteiger partial charge in [0, 0.05) is 39.7 Å². The standard InChI is InChI=1S/C23H40N4O2.HI/c1-20(2)19-25-23(24-12-9-22-8-6-17-29-22)27-14-10-21(11-15-27)7-5-13-26(3)16-18-28-4;/h6,8,17,21H,1,5,7,9-16,18-19H2,2-4H3,(H,24,25);1H. The summed E-state index contributed by atoms with van der Waals surface area (Å²) in [5.41, 5.74) is 1.09. The van der Waals surface area contributed by atoms with Gasteiger partial charge in [-0.25, -0.2) is 4.99 Å². The smallest absolute Gasteiger partial charge is 0.194 e. The van der Waals surface area contributed by atoms with Gasteiger partial charge in [-0.1, -0.05) is 12.2 Å². The van der Waals surface area contributed by atoms with E-state index in [-0.39, 0.29) is 24.0 Å². The largest absolute Gasteiger partial charge is 0.469 e. The van der Waals surface area contributed by atoms with Crippen molar-refractivity contribution < 1.29 is 9.15 Å². The second-order valence-corrected chi connectivity index (χ2v) is 8.22. The van der Waals surface area contributed by atoms with E-state index in [9.17, 15) is 0 Å². The highest BCUT2D eigenvalue weighted by Crippen LogP contribution is 2.22. The van der Waals surface area contributed by atoms with E-state index < -0.39 is 0 Å². The van der Waals surface area contributed by atoms with Crippen molar-refractivity contribution >= 4 is 29.9 Å². The first kappa shape index (κ1) is 27.0. The molecule has 2 rings (SSSR count). The highest BCUT2D eigenvalue weighted by atomic mass is 127. The van der Waals surface area contributed by atoms with Crippen LogP contribution in [0.5, 0.6) is 0 Å². The lowest BCUT2D eigenvalue weighted by Gasteiger charge is -2.34. The predicted octanol–water partition coefficient (Wildman–Crippen LogP) is 4.03. The number of rotatable bonds is 12. The Morgan fingerprint density at radius 2 is 2.13 bits per heavy atom. The van der Waals surface area contributed by atoms with Crippen molar-refractivity contribution in [1.29, 1.82) is 0 Å². The van der Waals surface area contributed by atoms with Gasteiger partial charge < -0.3 is 24.3 Å². The van der Waals surface area contributed by atoms with Crippen LogP contribution in [0.1, 0.15) is 38.4 Å². The van der Waals surface area contributed by atoms with Crippen LogP contribution >= 0.6 is 24.0 Å². The molecule has 1 aliphatic heterocycles. The van der Waals surface area contributed by atoms with Crippen molar-refractivity contribution in [2.24, 2.45) is 10.9 Å². The average molecular weight is 533 g/mol. The lowest BCUT2D eigenvalue weighted by atomic mass is 9.92. The van der Waals surface area contributed by atoms with Crippen molar-refractivity contribution in [2.75, 3.05) is 60.0 Å². The Kier molecular flexibility index (Phi) is 14.1. The van der Waals surface area contributed by atoms with Crippen LogP contribution in [0.15, 0.2) is 40.0 Å². The topological polar surface area (TPSA) is 53.2 Å². The maximum Gasteiger partial charge on any atom is 0.194 e. The number of furan rings is 1. The molecule has 0 unspecified atom stereocenters. The molecule has 1 fully saturated rings. The number of guanidine groups is 1. The fourth-order valence-corrected chi connectivity index (χ4v) is 3.67. The third-order valence-electron chi connectivity index (χ3n) is 5.48. The number of likely N-dealkylation sites (N-methyl/N-ethyl adjacent to an activating group) is 1. The number of likely N-dealkylation sites (tertiary alicyclic amines) is 1. The Morgan fingerprint density at radius 1 is 1.37 bits per heavy atom. The number of hydrogen-bond donors (Lipinski definition) is 1. The van der Waals surface area contributed by atoms with Crippen molar-refractivity contribution in [3.05, 3.63) is 36.3 Å². The summed E-state index contributed by atoms with van der Waals surface area (Å²) in [6, 6.07) is 3.95. The monoisotopic (exact) mass is 532 g/mol. The first-order valence-corrected chi connectivity index (χ1v) is 11.0. The molecule has 0 aromatic carbocycles. The van der Waals surface area contributed by atoms with Crippen LogP contribution in [-0.2, 0) is 11.2 Å². The van der Waals surface area contributed by atoms with Gasteiger partial charge in [-0.15, -0.1) is 24.0 Å². The Bertz CT molecular complexity index is 598. The quantitative estimate of drug-likeness (QED) is 0.191.